The highest BCUT2D eigenvalue weighted by Crippen LogP contribution is 2.46. The maximum absolute atomic E-state index is 13.5. The molecule has 1 saturated heterocycles. The monoisotopic (exact) mass is 605 g/mol. The molecule has 1 heterocycles. The number of carbonyl (C=O) groups is 1. The van der Waals surface area contributed by atoms with Crippen LogP contribution in [-0.2, 0) is 4.79 Å². The molecule has 0 spiro atoms. The van der Waals surface area contributed by atoms with Gasteiger partial charge in [0.1, 0.15) is 21.5 Å². The molecule has 36 heavy (non-hydrogen) atoms. The quantitative estimate of drug-likeness (QED) is 0.140. The van der Waals surface area contributed by atoms with Crippen LogP contribution in [0.5, 0.6) is 5.75 Å². The summed E-state index contributed by atoms with van der Waals surface area (Å²) < 4.78 is 32.9. The Balaban J connectivity index is 1.51. The number of benzene rings is 3. The second-order valence-electron chi connectivity index (χ2n) is 9.12. The van der Waals surface area contributed by atoms with Crippen molar-refractivity contribution < 1.29 is 23.4 Å². The molecule has 0 radical (unpaired) electrons. The fourth-order valence-corrected chi connectivity index (χ4v) is 5.34. The van der Waals surface area contributed by atoms with Crippen LogP contribution in [0.25, 0.3) is 0 Å². The largest absolute Gasteiger partial charge is 0.480 e. The standard InChI is InChI=1S/C29H30F2INO3/c1-2-3-4-27(32)36-24-15-7-20(8-16-24)28-25(17-18-26(34)19-5-9-21(30)10-6-19)29(35)33(28)23-13-11-22(31)12-14-23/h5-16,25-28,34H,2-4,17-18H2,1H3. The lowest BCUT2D eigenvalue weighted by molar-refractivity contribution is -0.131. The van der Waals surface area contributed by atoms with Crippen molar-refractivity contribution in [3.05, 3.63) is 95.6 Å². The zero-order chi connectivity index (χ0) is 25.7. The molecule has 1 fully saturated rings. The van der Waals surface area contributed by atoms with Crippen LogP contribution in [0.4, 0.5) is 14.5 Å². The van der Waals surface area contributed by atoms with Gasteiger partial charge in [0.05, 0.1) is 18.1 Å². The number of unbranched alkanes of at least 4 members (excludes halogenated alkanes) is 1. The van der Waals surface area contributed by atoms with Crippen molar-refractivity contribution in [2.45, 2.75) is 55.3 Å². The van der Waals surface area contributed by atoms with Crippen molar-refractivity contribution in [3.8, 4) is 5.75 Å². The number of alkyl halides is 1. The number of hydrogen-bond donors (Lipinski definition) is 1. The van der Waals surface area contributed by atoms with Crippen LogP contribution in [0.3, 0.4) is 0 Å². The van der Waals surface area contributed by atoms with Gasteiger partial charge in [-0.05, 0) is 108 Å². The van der Waals surface area contributed by atoms with E-state index < -0.39 is 6.10 Å². The van der Waals surface area contributed by atoms with Crippen LogP contribution in [0, 0.1) is 17.6 Å². The van der Waals surface area contributed by atoms with Gasteiger partial charge in [0.2, 0.25) is 5.91 Å². The number of aliphatic hydroxyl groups excluding tert-OH is 1. The lowest BCUT2D eigenvalue weighted by Gasteiger charge is -2.48. The summed E-state index contributed by atoms with van der Waals surface area (Å²) in [7, 11) is 0. The van der Waals surface area contributed by atoms with Crippen LogP contribution in [0.1, 0.15) is 62.3 Å². The molecule has 3 aromatic rings. The average Bonchev–Trinajstić information content (AvgIpc) is 2.88. The van der Waals surface area contributed by atoms with Crippen molar-refractivity contribution in [1.82, 2.24) is 0 Å². The number of anilines is 1. The van der Waals surface area contributed by atoms with Crippen LogP contribution in [0.2, 0.25) is 0 Å². The summed E-state index contributed by atoms with van der Waals surface area (Å²) in [6.45, 7) is 2.15. The first-order chi connectivity index (χ1) is 17.4. The minimum absolute atomic E-state index is 0.0647. The molecule has 1 aliphatic rings. The lowest BCUT2D eigenvalue weighted by Crippen LogP contribution is -2.55. The maximum atomic E-state index is 13.5. The Morgan fingerprint density at radius 1 is 0.944 bits per heavy atom. The molecule has 1 N–H and O–H groups in total. The van der Waals surface area contributed by atoms with E-state index in [1.54, 1.807) is 29.2 Å². The third-order valence-electron chi connectivity index (χ3n) is 6.59. The van der Waals surface area contributed by atoms with Crippen molar-refractivity contribution in [1.29, 1.82) is 0 Å². The number of aliphatic hydroxyl groups is 1. The zero-order valence-electron chi connectivity index (χ0n) is 20.1. The third kappa shape index (κ3) is 6.24. The van der Waals surface area contributed by atoms with Crippen LogP contribution in [0.15, 0.2) is 72.8 Å². The Hall–Kier alpha value is -2.52. The average molecular weight is 605 g/mol. The number of amides is 1. The first-order valence-corrected chi connectivity index (χ1v) is 13.5. The summed E-state index contributed by atoms with van der Waals surface area (Å²) in [5.74, 6) is -0.345. The summed E-state index contributed by atoms with van der Waals surface area (Å²) in [4.78, 5) is 14.9. The predicted molar refractivity (Wildman–Crippen MR) is 145 cm³/mol. The molecule has 4 atom stereocenters. The van der Waals surface area contributed by atoms with Crippen LogP contribution >= 0.6 is 22.6 Å². The molecule has 4 rings (SSSR count). The van der Waals surface area contributed by atoms with Crippen LogP contribution < -0.4 is 9.64 Å². The predicted octanol–water partition coefficient (Wildman–Crippen LogP) is 7.51. The Bertz CT molecular complexity index is 1140. The SMILES string of the molecule is CCCCC(I)Oc1ccc(C2C(CCC(O)c3ccc(F)cc3)C(=O)N2c2ccc(F)cc2)cc1. The van der Waals surface area contributed by atoms with E-state index in [0.29, 0.717) is 24.1 Å². The number of halogens is 3. The molecule has 4 nitrogen and oxygen atoms in total. The highest BCUT2D eigenvalue weighted by molar-refractivity contribution is 14.1. The molecule has 1 aliphatic heterocycles. The smallest absolute Gasteiger partial charge is 0.233 e. The van der Waals surface area contributed by atoms with Gasteiger partial charge in [0, 0.05) is 5.69 Å². The van der Waals surface area contributed by atoms with Crippen molar-refractivity contribution >= 4 is 34.2 Å². The minimum atomic E-state index is -0.793. The van der Waals surface area contributed by atoms with Crippen LogP contribution in [-0.4, -0.2) is 15.1 Å². The highest BCUT2D eigenvalue weighted by atomic mass is 127. The van der Waals surface area contributed by atoms with E-state index in [1.807, 2.05) is 24.3 Å². The molecule has 0 aromatic heterocycles. The second kappa shape index (κ2) is 12.1. The molecule has 1 amide bonds. The first-order valence-electron chi connectivity index (χ1n) is 12.3. The maximum Gasteiger partial charge on any atom is 0.233 e. The summed E-state index contributed by atoms with van der Waals surface area (Å²) in [5.41, 5.74) is 2.20. The van der Waals surface area contributed by atoms with Crippen molar-refractivity contribution in [2.75, 3.05) is 4.90 Å². The van der Waals surface area contributed by atoms with Gasteiger partial charge in [-0.25, -0.2) is 8.78 Å². The summed E-state index contributed by atoms with van der Waals surface area (Å²) in [5, 5.41) is 10.6. The molecule has 4 unspecified atom stereocenters. The van der Waals surface area contributed by atoms with E-state index in [9.17, 15) is 18.7 Å². The highest BCUT2D eigenvalue weighted by Gasteiger charge is 2.48. The van der Waals surface area contributed by atoms with E-state index in [4.69, 9.17) is 4.74 Å². The number of β-lactam (4-membered cyclic amide) rings is 1. The second-order valence-corrected chi connectivity index (χ2v) is 10.5. The zero-order valence-corrected chi connectivity index (χ0v) is 22.3. The van der Waals surface area contributed by atoms with Gasteiger partial charge in [-0.3, -0.25) is 4.79 Å². The fourth-order valence-electron chi connectivity index (χ4n) is 4.60. The molecule has 7 heteroatoms. The summed E-state index contributed by atoms with van der Waals surface area (Å²) >= 11 is 2.30. The van der Waals surface area contributed by atoms with Gasteiger partial charge in [-0.15, -0.1) is 0 Å². The summed E-state index contributed by atoms with van der Waals surface area (Å²) in [6, 6.07) is 19.2. The van der Waals surface area contributed by atoms with Crippen molar-refractivity contribution in [3.63, 3.8) is 0 Å². The first kappa shape index (κ1) is 26.5. The third-order valence-corrected chi connectivity index (χ3v) is 7.47. The lowest BCUT2D eigenvalue weighted by atomic mass is 9.78. The van der Waals surface area contributed by atoms with Gasteiger partial charge >= 0.3 is 0 Å². The molecule has 0 saturated carbocycles. The van der Waals surface area contributed by atoms with Gasteiger partial charge in [-0.2, -0.15) is 0 Å². The topological polar surface area (TPSA) is 49.8 Å². The van der Waals surface area contributed by atoms with E-state index in [1.165, 1.54) is 24.3 Å². The Morgan fingerprint density at radius 2 is 1.56 bits per heavy atom. The Morgan fingerprint density at radius 3 is 2.17 bits per heavy atom. The summed E-state index contributed by atoms with van der Waals surface area (Å²) in [6.07, 6.45) is 3.24. The molecular weight excluding hydrogens is 575 g/mol. The molecular formula is C29H30F2INO3. The number of carbonyl (C=O) groups excluding carboxylic acids is 1. The van der Waals surface area contributed by atoms with Crippen molar-refractivity contribution in [2.24, 2.45) is 5.92 Å². The van der Waals surface area contributed by atoms with E-state index in [2.05, 4.69) is 29.5 Å². The molecule has 190 valence electrons. The van der Waals surface area contributed by atoms with Gasteiger partial charge < -0.3 is 14.7 Å². The Kier molecular flexibility index (Phi) is 8.95. The normalized spacial score (nSPS) is 19.0. The Labute approximate surface area is 224 Å². The van der Waals surface area contributed by atoms with E-state index >= 15 is 0 Å². The number of nitrogens with zero attached hydrogens (tertiary/aromatic N) is 1. The molecule has 0 aliphatic carbocycles. The number of rotatable bonds is 11. The number of hydrogen-bond acceptors (Lipinski definition) is 3. The van der Waals surface area contributed by atoms with E-state index in [0.717, 1.165) is 30.6 Å². The fraction of sp³-hybridized carbons (Fsp3) is 0.345. The van der Waals surface area contributed by atoms with E-state index in [-0.39, 0.29) is 33.6 Å². The van der Waals surface area contributed by atoms with Gasteiger partial charge in [0.25, 0.3) is 0 Å². The number of ether oxygens (including phenoxy) is 1. The van der Waals surface area contributed by atoms with Gasteiger partial charge in [-0.1, -0.05) is 37.6 Å². The molecule has 0 bridgehead atoms. The van der Waals surface area contributed by atoms with Gasteiger partial charge in [0.15, 0.2) is 0 Å². The minimum Gasteiger partial charge on any atom is -0.480 e. The molecule has 3 aromatic carbocycles.